The van der Waals surface area contributed by atoms with E-state index in [0.29, 0.717) is 5.92 Å². The highest BCUT2D eigenvalue weighted by molar-refractivity contribution is 7.99. The first-order valence-corrected chi connectivity index (χ1v) is 10.5. The molecule has 0 bridgehead atoms. The van der Waals surface area contributed by atoms with Gasteiger partial charge in [-0.2, -0.15) is 11.8 Å². The molecule has 1 aromatic heterocycles. The van der Waals surface area contributed by atoms with Crippen molar-refractivity contribution in [3.05, 3.63) is 12.4 Å². The number of amides is 1. The Kier molecular flexibility index (Phi) is 6.39. The third-order valence-corrected chi connectivity index (χ3v) is 5.78. The van der Waals surface area contributed by atoms with Gasteiger partial charge in [-0.05, 0) is 18.8 Å². The number of carbonyl (C=O) groups is 1. The molecule has 2 saturated heterocycles. The van der Waals surface area contributed by atoms with Gasteiger partial charge in [0, 0.05) is 50.1 Å². The summed E-state index contributed by atoms with van der Waals surface area (Å²) in [5.74, 6) is 3.99. The van der Waals surface area contributed by atoms with E-state index >= 15 is 0 Å². The molecule has 1 amide bonds. The molecule has 0 saturated carbocycles. The molecular formula is C18H29N5OS. The lowest BCUT2D eigenvalue weighted by atomic mass is 9.95. The number of aromatic nitrogens is 2. The molecule has 138 valence electrons. The normalized spacial score (nSPS) is 19.3. The quantitative estimate of drug-likeness (QED) is 0.864. The van der Waals surface area contributed by atoms with E-state index in [1.54, 1.807) is 0 Å². The molecule has 0 atom stereocenters. The minimum atomic E-state index is 0.140. The summed E-state index contributed by atoms with van der Waals surface area (Å²) >= 11 is 1.99. The predicted octanol–water partition coefficient (Wildman–Crippen LogP) is 2.02. The van der Waals surface area contributed by atoms with Gasteiger partial charge in [-0.1, -0.05) is 13.8 Å². The standard InChI is InChI=1S/C18H29N5OS/c1-14(2)11-19-17(24)15-3-5-22(6-4-15)16-12-20-18(21-13-16)23-7-9-25-10-8-23/h12-15H,3-11H2,1-2H3,(H,19,24). The first-order chi connectivity index (χ1) is 12.1. The van der Waals surface area contributed by atoms with Gasteiger partial charge in [-0.15, -0.1) is 0 Å². The van der Waals surface area contributed by atoms with Crippen LogP contribution in [0.4, 0.5) is 11.6 Å². The van der Waals surface area contributed by atoms with Crippen molar-refractivity contribution >= 4 is 29.3 Å². The van der Waals surface area contributed by atoms with Crippen molar-refractivity contribution in [2.24, 2.45) is 11.8 Å². The van der Waals surface area contributed by atoms with E-state index in [9.17, 15) is 4.79 Å². The number of hydrogen-bond acceptors (Lipinski definition) is 6. The van der Waals surface area contributed by atoms with E-state index in [1.807, 2.05) is 24.2 Å². The SMILES string of the molecule is CC(C)CNC(=O)C1CCN(c2cnc(N3CCSCC3)nc2)CC1. The molecule has 1 N–H and O–H groups in total. The van der Waals surface area contributed by atoms with Gasteiger partial charge in [0.15, 0.2) is 0 Å². The first-order valence-electron chi connectivity index (χ1n) is 9.31. The largest absolute Gasteiger partial charge is 0.369 e. The van der Waals surface area contributed by atoms with Gasteiger partial charge in [0.2, 0.25) is 11.9 Å². The molecule has 25 heavy (non-hydrogen) atoms. The van der Waals surface area contributed by atoms with Gasteiger partial charge in [-0.3, -0.25) is 4.79 Å². The Hall–Kier alpha value is -1.50. The molecule has 0 radical (unpaired) electrons. The minimum absolute atomic E-state index is 0.140. The van der Waals surface area contributed by atoms with Gasteiger partial charge in [0.25, 0.3) is 0 Å². The second kappa shape index (κ2) is 8.74. The second-order valence-corrected chi connectivity index (χ2v) is 8.47. The fraction of sp³-hybridized carbons (Fsp3) is 0.722. The van der Waals surface area contributed by atoms with Crippen molar-refractivity contribution in [2.75, 3.05) is 54.0 Å². The van der Waals surface area contributed by atoms with Crippen molar-refractivity contribution in [3.63, 3.8) is 0 Å². The number of thioether (sulfide) groups is 1. The van der Waals surface area contributed by atoms with Crippen LogP contribution >= 0.6 is 11.8 Å². The van der Waals surface area contributed by atoms with Crippen LogP contribution in [-0.2, 0) is 4.79 Å². The molecular weight excluding hydrogens is 334 g/mol. The molecule has 3 rings (SSSR count). The highest BCUT2D eigenvalue weighted by Crippen LogP contribution is 2.24. The topological polar surface area (TPSA) is 61.4 Å². The smallest absolute Gasteiger partial charge is 0.225 e. The molecule has 7 heteroatoms. The zero-order chi connectivity index (χ0) is 17.6. The maximum Gasteiger partial charge on any atom is 0.225 e. The van der Waals surface area contributed by atoms with E-state index in [1.165, 1.54) is 0 Å². The highest BCUT2D eigenvalue weighted by Gasteiger charge is 2.25. The van der Waals surface area contributed by atoms with Crippen LogP contribution in [0.5, 0.6) is 0 Å². The van der Waals surface area contributed by atoms with Crippen molar-refractivity contribution in [1.29, 1.82) is 0 Å². The van der Waals surface area contributed by atoms with Crippen molar-refractivity contribution in [3.8, 4) is 0 Å². The van der Waals surface area contributed by atoms with Crippen LogP contribution in [0.3, 0.4) is 0 Å². The van der Waals surface area contributed by atoms with Crippen molar-refractivity contribution < 1.29 is 4.79 Å². The second-order valence-electron chi connectivity index (χ2n) is 7.24. The molecule has 6 nitrogen and oxygen atoms in total. The lowest BCUT2D eigenvalue weighted by Gasteiger charge is -2.33. The molecule has 1 aromatic rings. The fourth-order valence-electron chi connectivity index (χ4n) is 3.25. The van der Waals surface area contributed by atoms with Crippen molar-refractivity contribution in [2.45, 2.75) is 26.7 Å². The third-order valence-electron chi connectivity index (χ3n) is 4.83. The Morgan fingerprint density at radius 1 is 1.16 bits per heavy atom. The number of anilines is 2. The van der Waals surface area contributed by atoms with E-state index in [0.717, 1.165) is 68.7 Å². The van der Waals surface area contributed by atoms with E-state index in [-0.39, 0.29) is 11.8 Å². The number of nitrogens with one attached hydrogen (secondary N) is 1. The predicted molar refractivity (Wildman–Crippen MR) is 104 cm³/mol. The average Bonchev–Trinajstić information content (AvgIpc) is 2.67. The summed E-state index contributed by atoms with van der Waals surface area (Å²) in [4.78, 5) is 25.9. The van der Waals surface area contributed by atoms with Gasteiger partial charge in [0.1, 0.15) is 0 Å². The molecule has 2 aliphatic rings. The van der Waals surface area contributed by atoms with Crippen LogP contribution in [0.2, 0.25) is 0 Å². The summed E-state index contributed by atoms with van der Waals surface area (Å²) in [5.41, 5.74) is 1.07. The average molecular weight is 364 g/mol. The Labute approximate surface area is 154 Å². The Morgan fingerprint density at radius 2 is 1.80 bits per heavy atom. The van der Waals surface area contributed by atoms with Gasteiger partial charge >= 0.3 is 0 Å². The zero-order valence-electron chi connectivity index (χ0n) is 15.3. The number of nitrogens with zero attached hydrogens (tertiary/aromatic N) is 4. The summed E-state index contributed by atoms with van der Waals surface area (Å²) in [6.45, 7) is 8.85. The number of piperidine rings is 1. The van der Waals surface area contributed by atoms with E-state index < -0.39 is 0 Å². The molecule has 2 fully saturated rings. The number of rotatable bonds is 5. The van der Waals surface area contributed by atoms with E-state index in [2.05, 4.69) is 38.9 Å². The molecule has 0 aromatic carbocycles. The van der Waals surface area contributed by atoms with Gasteiger partial charge in [0.05, 0.1) is 18.1 Å². The minimum Gasteiger partial charge on any atom is -0.369 e. The number of carbonyl (C=O) groups excluding carboxylic acids is 1. The maximum atomic E-state index is 12.2. The van der Waals surface area contributed by atoms with Crippen LogP contribution in [0, 0.1) is 11.8 Å². The molecule has 0 aliphatic carbocycles. The fourth-order valence-corrected chi connectivity index (χ4v) is 4.16. The van der Waals surface area contributed by atoms with E-state index in [4.69, 9.17) is 0 Å². The molecule has 2 aliphatic heterocycles. The summed E-state index contributed by atoms with van der Waals surface area (Å²) in [7, 11) is 0. The Balaban J connectivity index is 1.50. The van der Waals surface area contributed by atoms with Gasteiger partial charge in [-0.25, -0.2) is 9.97 Å². The summed E-state index contributed by atoms with van der Waals surface area (Å²) in [5, 5.41) is 3.06. The highest BCUT2D eigenvalue weighted by atomic mass is 32.2. The molecule has 0 unspecified atom stereocenters. The first kappa shape index (κ1) is 18.3. The number of hydrogen-bond donors (Lipinski definition) is 1. The third kappa shape index (κ3) is 5.00. The Morgan fingerprint density at radius 3 is 2.40 bits per heavy atom. The molecule has 0 spiro atoms. The van der Waals surface area contributed by atoms with Crippen LogP contribution in [0.25, 0.3) is 0 Å². The van der Waals surface area contributed by atoms with Crippen LogP contribution < -0.4 is 15.1 Å². The zero-order valence-corrected chi connectivity index (χ0v) is 16.1. The summed E-state index contributed by atoms with van der Waals surface area (Å²) in [6, 6.07) is 0. The van der Waals surface area contributed by atoms with Crippen LogP contribution in [-0.4, -0.2) is 60.1 Å². The van der Waals surface area contributed by atoms with Crippen LogP contribution in [0.1, 0.15) is 26.7 Å². The maximum absolute atomic E-state index is 12.2. The monoisotopic (exact) mass is 363 g/mol. The lowest BCUT2D eigenvalue weighted by Crippen LogP contribution is -2.41. The summed E-state index contributed by atoms with van der Waals surface area (Å²) in [6.07, 6.45) is 5.66. The summed E-state index contributed by atoms with van der Waals surface area (Å²) < 4.78 is 0. The van der Waals surface area contributed by atoms with Crippen LogP contribution in [0.15, 0.2) is 12.4 Å². The lowest BCUT2D eigenvalue weighted by molar-refractivity contribution is -0.125. The van der Waals surface area contributed by atoms with Crippen molar-refractivity contribution in [1.82, 2.24) is 15.3 Å². The molecule has 3 heterocycles. The Bertz CT molecular complexity index is 551. The van der Waals surface area contributed by atoms with Gasteiger partial charge < -0.3 is 15.1 Å².